The molecule has 0 spiro atoms. The number of nitrogens with zero attached hydrogens (tertiary/aromatic N) is 5. The Hall–Kier alpha value is -3.26. The average Bonchev–Trinajstić information content (AvgIpc) is 3.27. The predicted molar refractivity (Wildman–Crippen MR) is 104 cm³/mol. The monoisotopic (exact) mass is 378 g/mol. The van der Waals surface area contributed by atoms with Crippen LogP contribution >= 0.6 is 0 Å². The Morgan fingerprint density at radius 1 is 1.07 bits per heavy atom. The van der Waals surface area contributed by atoms with Crippen LogP contribution in [0.5, 0.6) is 0 Å². The number of amides is 1. The van der Waals surface area contributed by atoms with Gasteiger partial charge in [0.15, 0.2) is 0 Å². The van der Waals surface area contributed by atoms with E-state index in [1.54, 1.807) is 17.2 Å². The molecule has 3 heterocycles. The SMILES string of the molecule is O=C(NCc1ccc(Cn2cncn2)cc1)c1ccc(N2CCOCC2)nc1. The molecule has 1 aromatic carbocycles. The van der Waals surface area contributed by atoms with E-state index in [2.05, 4.69) is 25.3 Å². The molecule has 1 amide bonds. The quantitative estimate of drug-likeness (QED) is 0.700. The molecule has 0 atom stereocenters. The fourth-order valence-corrected chi connectivity index (χ4v) is 3.05. The summed E-state index contributed by atoms with van der Waals surface area (Å²) in [6.45, 7) is 4.21. The maximum absolute atomic E-state index is 12.4. The lowest BCUT2D eigenvalue weighted by molar-refractivity contribution is 0.0950. The lowest BCUT2D eigenvalue weighted by Gasteiger charge is -2.27. The number of aromatic nitrogens is 4. The highest BCUT2D eigenvalue weighted by Gasteiger charge is 2.13. The fraction of sp³-hybridized carbons (Fsp3) is 0.300. The smallest absolute Gasteiger partial charge is 0.253 e. The number of nitrogens with one attached hydrogen (secondary N) is 1. The van der Waals surface area contributed by atoms with Crippen LogP contribution in [-0.4, -0.2) is 52.0 Å². The molecule has 28 heavy (non-hydrogen) atoms. The van der Waals surface area contributed by atoms with Crippen molar-refractivity contribution in [3.05, 3.63) is 71.9 Å². The van der Waals surface area contributed by atoms with Gasteiger partial charge in [-0.3, -0.25) is 4.79 Å². The van der Waals surface area contributed by atoms with Gasteiger partial charge in [0.1, 0.15) is 18.5 Å². The summed E-state index contributed by atoms with van der Waals surface area (Å²) in [6, 6.07) is 11.8. The number of rotatable bonds is 6. The van der Waals surface area contributed by atoms with Crippen molar-refractivity contribution in [2.45, 2.75) is 13.1 Å². The van der Waals surface area contributed by atoms with Crippen molar-refractivity contribution in [3.63, 3.8) is 0 Å². The number of hydrogen-bond acceptors (Lipinski definition) is 6. The van der Waals surface area contributed by atoms with Gasteiger partial charge in [0.2, 0.25) is 0 Å². The first kappa shape index (κ1) is 18.1. The second-order valence-corrected chi connectivity index (χ2v) is 6.60. The second kappa shape index (κ2) is 8.62. The molecule has 0 aliphatic carbocycles. The van der Waals surface area contributed by atoms with Crippen LogP contribution in [0.2, 0.25) is 0 Å². The molecule has 0 unspecified atom stereocenters. The number of anilines is 1. The molecule has 0 radical (unpaired) electrons. The largest absolute Gasteiger partial charge is 0.378 e. The minimum Gasteiger partial charge on any atom is -0.378 e. The number of carbonyl (C=O) groups excluding carboxylic acids is 1. The zero-order chi connectivity index (χ0) is 19.2. The van der Waals surface area contributed by atoms with Gasteiger partial charge in [0.05, 0.1) is 25.3 Å². The van der Waals surface area contributed by atoms with Gasteiger partial charge in [-0.2, -0.15) is 5.10 Å². The van der Waals surface area contributed by atoms with Crippen molar-refractivity contribution >= 4 is 11.7 Å². The number of benzene rings is 1. The van der Waals surface area contributed by atoms with Crippen LogP contribution in [0.15, 0.2) is 55.2 Å². The summed E-state index contributed by atoms with van der Waals surface area (Å²) in [7, 11) is 0. The van der Waals surface area contributed by atoms with Crippen molar-refractivity contribution in [2.24, 2.45) is 0 Å². The number of pyridine rings is 1. The van der Waals surface area contributed by atoms with Crippen LogP contribution in [0.3, 0.4) is 0 Å². The van der Waals surface area contributed by atoms with E-state index >= 15 is 0 Å². The van der Waals surface area contributed by atoms with E-state index in [9.17, 15) is 4.79 Å². The third-order valence-corrected chi connectivity index (χ3v) is 4.63. The second-order valence-electron chi connectivity index (χ2n) is 6.60. The number of ether oxygens (including phenoxy) is 1. The molecule has 1 aliphatic heterocycles. The molecule has 4 rings (SSSR count). The van der Waals surface area contributed by atoms with Gasteiger partial charge in [-0.25, -0.2) is 14.6 Å². The van der Waals surface area contributed by atoms with Crippen molar-refractivity contribution in [3.8, 4) is 0 Å². The summed E-state index contributed by atoms with van der Waals surface area (Å²) in [5.41, 5.74) is 2.72. The van der Waals surface area contributed by atoms with E-state index in [0.717, 1.165) is 30.0 Å². The van der Waals surface area contributed by atoms with Crippen molar-refractivity contribution < 1.29 is 9.53 Å². The molecule has 8 nitrogen and oxygen atoms in total. The third kappa shape index (κ3) is 4.52. The van der Waals surface area contributed by atoms with Crippen LogP contribution in [0.4, 0.5) is 5.82 Å². The molecule has 0 bridgehead atoms. The van der Waals surface area contributed by atoms with E-state index in [1.807, 2.05) is 36.4 Å². The van der Waals surface area contributed by atoms with E-state index in [4.69, 9.17) is 4.74 Å². The first-order valence-electron chi connectivity index (χ1n) is 9.25. The highest BCUT2D eigenvalue weighted by atomic mass is 16.5. The number of carbonyl (C=O) groups is 1. The first-order valence-corrected chi connectivity index (χ1v) is 9.25. The Bertz CT molecular complexity index is 887. The molecule has 2 aromatic heterocycles. The summed E-state index contributed by atoms with van der Waals surface area (Å²) in [4.78, 5) is 22.9. The van der Waals surface area contributed by atoms with Gasteiger partial charge < -0.3 is 15.0 Å². The maximum atomic E-state index is 12.4. The molecular weight excluding hydrogens is 356 g/mol. The Labute approximate surface area is 163 Å². The maximum Gasteiger partial charge on any atom is 0.253 e. The van der Waals surface area contributed by atoms with Crippen LogP contribution in [-0.2, 0) is 17.8 Å². The molecular formula is C20H22N6O2. The standard InChI is InChI=1S/C20H22N6O2/c27-20(18-5-6-19(22-12-18)25-7-9-28-10-8-25)23-11-16-1-3-17(4-2-16)13-26-15-21-14-24-26/h1-6,12,14-15H,7-11,13H2,(H,23,27). The summed E-state index contributed by atoms with van der Waals surface area (Å²) >= 11 is 0. The summed E-state index contributed by atoms with van der Waals surface area (Å²) in [5, 5.41) is 7.04. The van der Waals surface area contributed by atoms with Crippen LogP contribution in [0.1, 0.15) is 21.5 Å². The summed E-state index contributed by atoms with van der Waals surface area (Å²) in [6.07, 6.45) is 4.83. The lowest BCUT2D eigenvalue weighted by Crippen LogP contribution is -2.36. The molecule has 0 saturated carbocycles. The average molecular weight is 378 g/mol. The number of hydrogen-bond donors (Lipinski definition) is 1. The van der Waals surface area contributed by atoms with Gasteiger partial charge in [-0.15, -0.1) is 0 Å². The molecule has 1 aliphatic rings. The zero-order valence-electron chi connectivity index (χ0n) is 15.5. The van der Waals surface area contributed by atoms with E-state index in [0.29, 0.717) is 31.9 Å². The molecule has 8 heteroatoms. The fourth-order valence-electron chi connectivity index (χ4n) is 3.05. The van der Waals surface area contributed by atoms with Gasteiger partial charge >= 0.3 is 0 Å². The lowest BCUT2D eigenvalue weighted by atomic mass is 10.1. The van der Waals surface area contributed by atoms with E-state index in [-0.39, 0.29) is 5.91 Å². The van der Waals surface area contributed by atoms with Crippen LogP contribution < -0.4 is 10.2 Å². The first-order chi connectivity index (χ1) is 13.8. The molecule has 1 fully saturated rings. The van der Waals surface area contributed by atoms with Crippen molar-refractivity contribution in [1.82, 2.24) is 25.1 Å². The predicted octanol–water partition coefficient (Wildman–Crippen LogP) is 1.49. The van der Waals surface area contributed by atoms with E-state index < -0.39 is 0 Å². The van der Waals surface area contributed by atoms with Gasteiger partial charge in [-0.05, 0) is 23.3 Å². The summed E-state index contributed by atoms with van der Waals surface area (Å²) < 4.78 is 7.12. The topological polar surface area (TPSA) is 85.2 Å². The Kier molecular flexibility index (Phi) is 5.58. The summed E-state index contributed by atoms with van der Waals surface area (Å²) in [5.74, 6) is 0.746. The van der Waals surface area contributed by atoms with Crippen LogP contribution in [0.25, 0.3) is 0 Å². The van der Waals surface area contributed by atoms with Gasteiger partial charge in [0, 0.05) is 25.8 Å². The highest BCUT2D eigenvalue weighted by molar-refractivity contribution is 5.94. The number of morpholine rings is 1. The van der Waals surface area contributed by atoms with Gasteiger partial charge in [0.25, 0.3) is 5.91 Å². The molecule has 3 aromatic rings. The molecule has 1 N–H and O–H groups in total. The Balaban J connectivity index is 1.30. The van der Waals surface area contributed by atoms with E-state index in [1.165, 1.54) is 6.33 Å². The minimum atomic E-state index is -0.132. The van der Waals surface area contributed by atoms with Crippen LogP contribution in [0, 0.1) is 0 Å². The molecule has 144 valence electrons. The third-order valence-electron chi connectivity index (χ3n) is 4.63. The highest BCUT2D eigenvalue weighted by Crippen LogP contribution is 2.13. The zero-order valence-corrected chi connectivity index (χ0v) is 15.5. The molecule has 1 saturated heterocycles. The Morgan fingerprint density at radius 2 is 1.86 bits per heavy atom. The van der Waals surface area contributed by atoms with Gasteiger partial charge in [-0.1, -0.05) is 24.3 Å². The minimum absolute atomic E-state index is 0.132. The van der Waals surface area contributed by atoms with Crippen molar-refractivity contribution in [2.75, 3.05) is 31.2 Å². The van der Waals surface area contributed by atoms with Crippen molar-refractivity contribution in [1.29, 1.82) is 0 Å². The Morgan fingerprint density at radius 3 is 2.54 bits per heavy atom. The normalized spacial score (nSPS) is 14.1.